The van der Waals surface area contributed by atoms with Crippen LogP contribution in [0.15, 0.2) is 21.9 Å². The predicted molar refractivity (Wildman–Crippen MR) is 57.6 cm³/mol. The number of hydrogen-bond acceptors (Lipinski definition) is 3. The van der Waals surface area contributed by atoms with Gasteiger partial charge in [-0.3, -0.25) is 9.98 Å². The van der Waals surface area contributed by atoms with Gasteiger partial charge in [0.15, 0.2) is 0 Å². The fraction of sp³-hybridized carbons (Fsp3) is 0.600. The van der Waals surface area contributed by atoms with Crippen LogP contribution in [0, 0.1) is 0 Å². The third-order valence-electron chi connectivity index (χ3n) is 2.48. The molecule has 0 aromatic carbocycles. The number of likely N-dealkylation sites (N-methyl/N-ethyl adjacent to an activating group) is 1. The lowest BCUT2D eigenvalue weighted by Gasteiger charge is -2.14. The zero-order chi connectivity index (χ0) is 12.5. The molecule has 1 rings (SSSR count). The minimum atomic E-state index is -4.37. The summed E-state index contributed by atoms with van der Waals surface area (Å²) in [5.41, 5.74) is -0.189. The van der Waals surface area contributed by atoms with Crippen LogP contribution in [0.3, 0.4) is 0 Å². The molecule has 0 bridgehead atoms. The Hall–Kier alpha value is -1.33. The minimum Gasteiger partial charge on any atom is -0.334 e. The Morgan fingerprint density at radius 1 is 1.50 bits per heavy atom. The third-order valence-corrected chi connectivity index (χ3v) is 2.48. The highest BCUT2D eigenvalue weighted by Crippen LogP contribution is 2.21. The van der Waals surface area contributed by atoms with Crippen LogP contribution in [-0.4, -0.2) is 35.7 Å². The van der Waals surface area contributed by atoms with Gasteiger partial charge in [0.05, 0.1) is 11.7 Å². The van der Waals surface area contributed by atoms with Crippen molar-refractivity contribution < 1.29 is 13.2 Å². The van der Waals surface area contributed by atoms with Crippen LogP contribution in [0.5, 0.6) is 0 Å². The van der Waals surface area contributed by atoms with Crippen molar-refractivity contribution >= 4 is 11.5 Å². The number of amidine groups is 1. The van der Waals surface area contributed by atoms with Crippen molar-refractivity contribution in [3.05, 3.63) is 11.9 Å². The van der Waals surface area contributed by atoms with Gasteiger partial charge in [0.25, 0.3) is 0 Å². The number of halogens is 3. The summed E-state index contributed by atoms with van der Waals surface area (Å²) >= 11 is 0. The van der Waals surface area contributed by atoms with Gasteiger partial charge in [0, 0.05) is 13.2 Å². The number of rotatable bonds is 1. The largest absolute Gasteiger partial charge is 0.429 e. The van der Waals surface area contributed by atoms with Crippen LogP contribution in [-0.2, 0) is 0 Å². The molecule has 1 unspecified atom stereocenters. The number of hydrogen-bond donors (Lipinski definition) is 0. The van der Waals surface area contributed by atoms with Gasteiger partial charge in [-0.15, -0.1) is 0 Å². The number of aliphatic imine (C=N–C) groups is 2. The van der Waals surface area contributed by atoms with Crippen LogP contribution in [0.2, 0.25) is 0 Å². The molecular weight excluding hydrogens is 219 g/mol. The molecule has 1 atom stereocenters. The van der Waals surface area contributed by atoms with E-state index in [1.165, 1.54) is 6.20 Å². The smallest absolute Gasteiger partial charge is 0.334 e. The molecule has 0 aliphatic carbocycles. The summed E-state index contributed by atoms with van der Waals surface area (Å²) in [6.45, 7) is 4.57. The van der Waals surface area contributed by atoms with Crippen molar-refractivity contribution in [2.24, 2.45) is 9.98 Å². The molecular formula is C10H14F3N3. The van der Waals surface area contributed by atoms with Crippen molar-refractivity contribution in [3.63, 3.8) is 0 Å². The predicted octanol–water partition coefficient (Wildman–Crippen LogP) is 2.60. The monoisotopic (exact) mass is 233 g/mol. The second-order valence-electron chi connectivity index (χ2n) is 3.68. The Morgan fingerprint density at radius 2 is 2.06 bits per heavy atom. The molecule has 0 aromatic rings. The molecule has 16 heavy (non-hydrogen) atoms. The average molecular weight is 233 g/mol. The minimum absolute atomic E-state index is 0.144. The molecule has 0 spiro atoms. The molecule has 0 N–H and O–H groups in total. The van der Waals surface area contributed by atoms with Gasteiger partial charge in [0.2, 0.25) is 0 Å². The van der Waals surface area contributed by atoms with Crippen LogP contribution >= 0.6 is 0 Å². The Balaban J connectivity index is 2.89. The maximum atomic E-state index is 12.2. The van der Waals surface area contributed by atoms with E-state index in [0.29, 0.717) is 5.70 Å². The summed E-state index contributed by atoms with van der Waals surface area (Å²) in [7, 11) is 1.76. The van der Waals surface area contributed by atoms with Gasteiger partial charge in [-0.05, 0) is 20.8 Å². The Bertz CT molecular complexity index is 366. The van der Waals surface area contributed by atoms with Gasteiger partial charge >= 0.3 is 6.18 Å². The molecule has 0 radical (unpaired) electrons. The molecule has 1 aliphatic heterocycles. The summed E-state index contributed by atoms with van der Waals surface area (Å²) in [4.78, 5) is 9.38. The SMILES string of the molecule is CC1=NC(C)/C(=C\N=C(C)C(F)(F)F)N1C. The Labute approximate surface area is 92.4 Å². The molecule has 6 heteroatoms. The van der Waals surface area contributed by atoms with Crippen molar-refractivity contribution in [2.75, 3.05) is 7.05 Å². The molecule has 90 valence electrons. The van der Waals surface area contributed by atoms with Gasteiger partial charge in [-0.1, -0.05) is 0 Å². The first-order valence-electron chi connectivity index (χ1n) is 4.83. The quantitative estimate of drug-likeness (QED) is 0.640. The summed E-state index contributed by atoms with van der Waals surface area (Å²) in [5.74, 6) is 0.776. The first kappa shape index (κ1) is 12.7. The van der Waals surface area contributed by atoms with Gasteiger partial charge in [0.1, 0.15) is 11.5 Å². The third kappa shape index (κ3) is 2.62. The maximum Gasteiger partial charge on any atom is 0.429 e. The van der Waals surface area contributed by atoms with E-state index in [0.717, 1.165) is 12.8 Å². The summed E-state index contributed by atoms with van der Waals surface area (Å²) in [5, 5.41) is 0. The van der Waals surface area contributed by atoms with E-state index >= 15 is 0 Å². The normalized spacial score (nSPS) is 25.3. The van der Waals surface area contributed by atoms with Crippen molar-refractivity contribution in [1.82, 2.24) is 4.90 Å². The lowest BCUT2D eigenvalue weighted by molar-refractivity contribution is -0.0591. The molecule has 1 heterocycles. The molecule has 1 aliphatic rings. The van der Waals surface area contributed by atoms with Crippen LogP contribution < -0.4 is 0 Å². The zero-order valence-electron chi connectivity index (χ0n) is 9.63. The zero-order valence-corrected chi connectivity index (χ0v) is 9.63. The summed E-state index contributed by atoms with van der Waals surface area (Å²) < 4.78 is 36.6. The second-order valence-corrected chi connectivity index (χ2v) is 3.68. The fourth-order valence-electron chi connectivity index (χ4n) is 1.33. The molecule has 0 amide bonds. The van der Waals surface area contributed by atoms with E-state index in [1.54, 1.807) is 18.9 Å². The highest BCUT2D eigenvalue weighted by atomic mass is 19.4. The first-order valence-corrected chi connectivity index (χ1v) is 4.83. The van der Waals surface area contributed by atoms with Gasteiger partial charge in [-0.25, -0.2) is 0 Å². The maximum absolute atomic E-state index is 12.2. The van der Waals surface area contributed by atoms with Crippen LogP contribution in [0.25, 0.3) is 0 Å². The highest BCUT2D eigenvalue weighted by Gasteiger charge is 2.31. The van der Waals surface area contributed by atoms with Gasteiger partial charge < -0.3 is 4.90 Å². The van der Waals surface area contributed by atoms with E-state index in [2.05, 4.69) is 9.98 Å². The standard InChI is InChI=1S/C10H14F3N3/c1-6-9(16(4)8(3)15-6)5-14-7(2)10(11,12)13/h5-6H,1-4H3/b9-5+,14-7?. The molecule has 3 nitrogen and oxygen atoms in total. The first-order chi connectivity index (χ1) is 7.23. The lowest BCUT2D eigenvalue weighted by Crippen LogP contribution is -2.21. The highest BCUT2D eigenvalue weighted by molar-refractivity contribution is 5.88. The van der Waals surface area contributed by atoms with Crippen LogP contribution in [0.4, 0.5) is 13.2 Å². The molecule has 0 saturated carbocycles. The van der Waals surface area contributed by atoms with Crippen molar-refractivity contribution in [2.45, 2.75) is 33.0 Å². The van der Waals surface area contributed by atoms with E-state index < -0.39 is 11.9 Å². The Morgan fingerprint density at radius 3 is 2.44 bits per heavy atom. The number of alkyl halides is 3. The lowest BCUT2D eigenvalue weighted by atomic mass is 10.2. The topological polar surface area (TPSA) is 28.0 Å². The second kappa shape index (κ2) is 4.27. The number of nitrogens with zero attached hydrogens (tertiary/aromatic N) is 3. The van der Waals surface area contributed by atoms with Crippen LogP contribution in [0.1, 0.15) is 20.8 Å². The van der Waals surface area contributed by atoms with Crippen molar-refractivity contribution in [1.29, 1.82) is 0 Å². The molecule has 0 aromatic heterocycles. The van der Waals surface area contributed by atoms with E-state index in [-0.39, 0.29) is 6.04 Å². The summed E-state index contributed by atoms with van der Waals surface area (Å²) in [6.07, 6.45) is -3.14. The summed E-state index contributed by atoms with van der Waals surface area (Å²) in [6, 6.07) is -0.144. The molecule has 0 fully saturated rings. The van der Waals surface area contributed by atoms with E-state index in [1.807, 2.05) is 6.92 Å². The van der Waals surface area contributed by atoms with Crippen molar-refractivity contribution in [3.8, 4) is 0 Å². The van der Waals surface area contributed by atoms with Gasteiger partial charge in [-0.2, -0.15) is 13.2 Å². The van der Waals surface area contributed by atoms with E-state index in [4.69, 9.17) is 0 Å². The Kier molecular flexibility index (Phi) is 3.40. The average Bonchev–Trinajstić information content (AvgIpc) is 2.37. The van der Waals surface area contributed by atoms with E-state index in [9.17, 15) is 13.2 Å². The fourth-order valence-corrected chi connectivity index (χ4v) is 1.33. The molecule has 0 saturated heterocycles.